The van der Waals surface area contributed by atoms with Gasteiger partial charge >= 0.3 is 0 Å². The van der Waals surface area contributed by atoms with E-state index >= 15 is 0 Å². The predicted octanol–water partition coefficient (Wildman–Crippen LogP) is 1.53. The van der Waals surface area contributed by atoms with Crippen molar-refractivity contribution in [1.29, 1.82) is 0 Å². The van der Waals surface area contributed by atoms with E-state index in [4.69, 9.17) is 0 Å². The highest BCUT2D eigenvalue weighted by atomic mass is 35.5. The number of carbonyl (C=O) groups is 1. The highest BCUT2D eigenvalue weighted by Gasteiger charge is 2.33. The molecule has 4 nitrogen and oxygen atoms in total. The molecule has 1 saturated heterocycles. The van der Waals surface area contributed by atoms with Gasteiger partial charge in [-0.05, 0) is 13.3 Å². The number of carbonyl (C=O) groups excluding carboxylic acids is 1. The summed E-state index contributed by atoms with van der Waals surface area (Å²) in [4.78, 5) is 16.2. The van der Waals surface area contributed by atoms with Gasteiger partial charge in [0, 0.05) is 24.7 Å². The maximum atomic E-state index is 11.9. The van der Waals surface area contributed by atoms with Crippen LogP contribution < -0.4 is 10.6 Å². The van der Waals surface area contributed by atoms with Crippen LogP contribution in [0.5, 0.6) is 0 Å². The van der Waals surface area contributed by atoms with E-state index < -0.39 is 0 Å². The van der Waals surface area contributed by atoms with Gasteiger partial charge in [-0.3, -0.25) is 4.79 Å². The van der Waals surface area contributed by atoms with Crippen LogP contribution in [0, 0.1) is 5.92 Å². The maximum absolute atomic E-state index is 11.9. The van der Waals surface area contributed by atoms with Crippen molar-refractivity contribution < 1.29 is 4.79 Å². The van der Waals surface area contributed by atoms with Crippen LogP contribution in [0.3, 0.4) is 0 Å². The summed E-state index contributed by atoms with van der Waals surface area (Å²) in [6.45, 7) is 5.70. The molecule has 2 heterocycles. The fourth-order valence-electron chi connectivity index (χ4n) is 1.64. The first kappa shape index (κ1) is 14.4. The number of halogens is 1. The second-order valence-corrected chi connectivity index (χ2v) is 5.26. The van der Waals surface area contributed by atoms with Gasteiger partial charge in [-0.25, -0.2) is 4.98 Å². The molecule has 0 aliphatic carbocycles. The van der Waals surface area contributed by atoms with Crippen molar-refractivity contribution in [2.45, 2.75) is 25.8 Å². The molecule has 0 aromatic carbocycles. The number of amides is 1. The number of aromatic nitrogens is 1. The maximum Gasteiger partial charge on any atom is 0.226 e. The van der Waals surface area contributed by atoms with Crippen molar-refractivity contribution >= 4 is 29.7 Å². The number of nitrogens with one attached hydrogen (secondary N) is 2. The zero-order valence-corrected chi connectivity index (χ0v) is 11.7. The Kier molecular flexibility index (Phi) is 4.91. The van der Waals surface area contributed by atoms with Gasteiger partial charge < -0.3 is 10.6 Å². The molecule has 2 rings (SSSR count). The highest BCUT2D eigenvalue weighted by Crippen LogP contribution is 2.26. The molecule has 17 heavy (non-hydrogen) atoms. The van der Waals surface area contributed by atoms with Crippen LogP contribution in [0.25, 0.3) is 0 Å². The lowest BCUT2D eigenvalue weighted by Crippen LogP contribution is -2.55. The lowest BCUT2D eigenvalue weighted by molar-refractivity contribution is -0.128. The number of rotatable bonds is 4. The molecule has 0 radical (unpaired) electrons. The topological polar surface area (TPSA) is 54.0 Å². The molecule has 2 N–H and O–H groups in total. The standard InChI is InChI=1S/C11H17N3OS.ClH/c1-3-11(2,10-13-4-5-16-10)14-9(15)8-6-12-7-8;/h4-5,8,12H,3,6-7H2,1-2H3,(H,14,15);1H. The smallest absolute Gasteiger partial charge is 0.226 e. The molecule has 1 aromatic rings. The largest absolute Gasteiger partial charge is 0.344 e. The molecule has 1 amide bonds. The van der Waals surface area contributed by atoms with Crippen molar-refractivity contribution in [1.82, 2.24) is 15.6 Å². The van der Waals surface area contributed by atoms with Crippen molar-refractivity contribution in [3.8, 4) is 0 Å². The predicted molar refractivity (Wildman–Crippen MR) is 71.5 cm³/mol. The van der Waals surface area contributed by atoms with E-state index in [1.54, 1.807) is 17.5 Å². The summed E-state index contributed by atoms with van der Waals surface area (Å²) in [7, 11) is 0. The fraction of sp³-hybridized carbons (Fsp3) is 0.636. The van der Waals surface area contributed by atoms with Crippen LogP contribution in [0.4, 0.5) is 0 Å². The summed E-state index contributed by atoms with van der Waals surface area (Å²) >= 11 is 1.59. The van der Waals surface area contributed by atoms with E-state index in [0.717, 1.165) is 24.5 Å². The van der Waals surface area contributed by atoms with E-state index in [-0.39, 0.29) is 29.8 Å². The second-order valence-electron chi connectivity index (χ2n) is 4.37. The lowest BCUT2D eigenvalue weighted by atomic mass is 9.96. The molecule has 1 aromatic heterocycles. The number of thiazole rings is 1. The summed E-state index contributed by atoms with van der Waals surface area (Å²) in [5.41, 5.74) is -0.319. The summed E-state index contributed by atoms with van der Waals surface area (Å²) in [6.07, 6.45) is 2.64. The molecule has 1 unspecified atom stereocenters. The molecular formula is C11H18ClN3OS. The van der Waals surface area contributed by atoms with Crippen molar-refractivity contribution in [2.24, 2.45) is 5.92 Å². The Labute approximate surface area is 112 Å². The van der Waals surface area contributed by atoms with Gasteiger partial charge in [0.1, 0.15) is 5.01 Å². The van der Waals surface area contributed by atoms with Gasteiger partial charge in [0.05, 0.1) is 11.5 Å². The highest BCUT2D eigenvalue weighted by molar-refractivity contribution is 7.09. The minimum atomic E-state index is -0.319. The first-order valence-electron chi connectivity index (χ1n) is 5.58. The summed E-state index contributed by atoms with van der Waals surface area (Å²) in [5.74, 6) is 0.268. The van der Waals surface area contributed by atoms with Gasteiger partial charge in [0.25, 0.3) is 0 Å². The summed E-state index contributed by atoms with van der Waals surface area (Å²) in [6, 6.07) is 0. The normalized spacial score (nSPS) is 18.7. The van der Waals surface area contributed by atoms with Gasteiger partial charge in [-0.2, -0.15) is 0 Å². The molecule has 1 aliphatic heterocycles. The van der Waals surface area contributed by atoms with Crippen LogP contribution in [0.15, 0.2) is 11.6 Å². The number of nitrogens with zero attached hydrogens (tertiary/aromatic N) is 1. The van der Waals surface area contributed by atoms with Gasteiger partial charge in [-0.15, -0.1) is 23.7 Å². The molecule has 1 atom stereocenters. The van der Waals surface area contributed by atoms with Gasteiger partial charge in [0.15, 0.2) is 0 Å². The minimum Gasteiger partial charge on any atom is -0.344 e. The Hall–Kier alpha value is -0.650. The average molecular weight is 276 g/mol. The van der Waals surface area contributed by atoms with Crippen LogP contribution >= 0.6 is 23.7 Å². The third-order valence-corrected chi connectivity index (χ3v) is 4.20. The first-order chi connectivity index (χ1) is 7.65. The zero-order chi connectivity index (χ0) is 11.6. The van der Waals surface area contributed by atoms with Crippen molar-refractivity contribution in [3.05, 3.63) is 16.6 Å². The van der Waals surface area contributed by atoms with E-state index in [1.165, 1.54) is 0 Å². The van der Waals surface area contributed by atoms with Gasteiger partial charge in [-0.1, -0.05) is 6.92 Å². The Bertz CT molecular complexity index is 367. The molecule has 1 fully saturated rings. The van der Waals surface area contributed by atoms with Crippen LogP contribution in [0.1, 0.15) is 25.3 Å². The van der Waals surface area contributed by atoms with Crippen molar-refractivity contribution in [2.75, 3.05) is 13.1 Å². The Balaban J connectivity index is 0.00000144. The van der Waals surface area contributed by atoms with Crippen LogP contribution in [0.2, 0.25) is 0 Å². The second kappa shape index (κ2) is 5.80. The molecule has 6 heteroatoms. The van der Waals surface area contributed by atoms with Crippen LogP contribution in [-0.2, 0) is 10.3 Å². The monoisotopic (exact) mass is 275 g/mol. The molecule has 0 bridgehead atoms. The third-order valence-electron chi connectivity index (χ3n) is 3.16. The van der Waals surface area contributed by atoms with E-state index in [0.29, 0.717) is 0 Å². The SMILES string of the molecule is CCC(C)(NC(=O)C1CNC1)c1nccs1.Cl. The summed E-state index contributed by atoms with van der Waals surface area (Å²) in [5, 5.41) is 9.15. The first-order valence-corrected chi connectivity index (χ1v) is 6.46. The Morgan fingerprint density at radius 3 is 2.82 bits per heavy atom. The molecule has 0 spiro atoms. The van der Waals surface area contributed by atoms with Crippen LogP contribution in [-0.4, -0.2) is 24.0 Å². The Morgan fingerprint density at radius 2 is 2.41 bits per heavy atom. The zero-order valence-electron chi connectivity index (χ0n) is 10.0. The lowest BCUT2D eigenvalue weighted by Gasteiger charge is -2.33. The summed E-state index contributed by atoms with van der Waals surface area (Å²) < 4.78 is 0. The van der Waals surface area contributed by atoms with Crippen molar-refractivity contribution in [3.63, 3.8) is 0 Å². The Morgan fingerprint density at radius 1 is 1.71 bits per heavy atom. The number of hydrogen-bond donors (Lipinski definition) is 2. The quantitative estimate of drug-likeness (QED) is 0.876. The van der Waals surface area contributed by atoms with E-state index in [2.05, 4.69) is 22.5 Å². The van der Waals surface area contributed by atoms with E-state index in [9.17, 15) is 4.79 Å². The average Bonchev–Trinajstić information content (AvgIpc) is 2.67. The molecule has 1 aliphatic rings. The molecule has 96 valence electrons. The van der Waals surface area contributed by atoms with Gasteiger partial charge in [0.2, 0.25) is 5.91 Å². The van der Waals surface area contributed by atoms with E-state index in [1.807, 2.05) is 12.3 Å². The molecular weight excluding hydrogens is 258 g/mol. The fourth-order valence-corrected chi connectivity index (χ4v) is 2.46. The number of hydrogen-bond acceptors (Lipinski definition) is 4. The third kappa shape index (κ3) is 2.97. The minimum absolute atomic E-state index is 0. The molecule has 0 saturated carbocycles.